The van der Waals surface area contributed by atoms with Gasteiger partial charge in [-0.3, -0.25) is 4.79 Å². The Kier molecular flexibility index (Phi) is 6.26. The summed E-state index contributed by atoms with van der Waals surface area (Å²) in [5.74, 6) is -0.154. The summed E-state index contributed by atoms with van der Waals surface area (Å²) in [6, 6.07) is 15.3. The minimum Gasteiger partial charge on any atom is -1.00 e. The third kappa shape index (κ3) is 5.31. The van der Waals surface area contributed by atoms with Gasteiger partial charge in [-0.1, -0.05) is 36.4 Å². The van der Waals surface area contributed by atoms with Crippen molar-refractivity contribution in [2.24, 2.45) is 5.10 Å². The highest BCUT2D eigenvalue weighted by Gasteiger charge is 2.06. The molecule has 1 heterocycles. The highest BCUT2D eigenvalue weighted by atomic mass is 35.5. The van der Waals surface area contributed by atoms with Gasteiger partial charge in [-0.15, -0.1) is 0 Å². The number of carbonyl (C=O) groups excluding carboxylic acids is 1. The number of nitrogens with one attached hydrogen (secondary N) is 1. The maximum Gasteiger partial charge on any atom is 0.305 e. The first kappa shape index (κ1) is 14.9. The summed E-state index contributed by atoms with van der Waals surface area (Å²) in [7, 11) is 0. The molecule has 1 aromatic carbocycles. The van der Waals surface area contributed by atoms with Crippen LogP contribution in [0.2, 0.25) is 0 Å². The molecule has 0 aliphatic heterocycles. The van der Waals surface area contributed by atoms with E-state index in [1.807, 2.05) is 60.9 Å². The van der Waals surface area contributed by atoms with Crippen molar-refractivity contribution in [2.45, 2.75) is 6.54 Å². The van der Waals surface area contributed by atoms with E-state index >= 15 is 0 Å². The third-order valence-electron chi connectivity index (χ3n) is 2.31. The third-order valence-corrected chi connectivity index (χ3v) is 2.31. The second-order valence-corrected chi connectivity index (χ2v) is 3.75. The molecule has 0 atom stereocenters. The van der Waals surface area contributed by atoms with Crippen molar-refractivity contribution in [3.8, 4) is 0 Å². The summed E-state index contributed by atoms with van der Waals surface area (Å²) in [5.41, 5.74) is 3.44. The monoisotopic (exact) mass is 275 g/mol. The number of hydrazone groups is 1. The molecule has 4 nitrogen and oxygen atoms in total. The summed E-state index contributed by atoms with van der Waals surface area (Å²) < 4.78 is 1.79. The van der Waals surface area contributed by atoms with Gasteiger partial charge in [-0.25, -0.2) is 5.43 Å². The molecule has 0 saturated carbocycles. The Balaban J connectivity index is 0.00000180. The molecular formula is C14H14ClN3O. The van der Waals surface area contributed by atoms with Crippen LogP contribution in [0.4, 0.5) is 0 Å². The SMILES string of the molecule is O=C(C[n+]1ccccc1)N/N=C/c1ccccc1.[Cl-]. The molecule has 1 N–H and O–H groups in total. The van der Waals surface area contributed by atoms with E-state index in [0.29, 0.717) is 0 Å². The molecule has 2 rings (SSSR count). The van der Waals surface area contributed by atoms with E-state index in [1.54, 1.807) is 10.8 Å². The van der Waals surface area contributed by atoms with E-state index in [-0.39, 0.29) is 24.9 Å². The second kappa shape index (κ2) is 8.00. The zero-order valence-corrected chi connectivity index (χ0v) is 11.0. The van der Waals surface area contributed by atoms with Crippen LogP contribution in [0.25, 0.3) is 0 Å². The average Bonchev–Trinajstić information content (AvgIpc) is 2.41. The molecule has 0 aliphatic carbocycles. The summed E-state index contributed by atoms with van der Waals surface area (Å²) in [4.78, 5) is 11.6. The minimum absolute atomic E-state index is 0. The van der Waals surface area contributed by atoms with E-state index < -0.39 is 0 Å². The first-order chi connectivity index (χ1) is 8.84. The van der Waals surface area contributed by atoms with Crippen molar-refractivity contribution in [3.63, 3.8) is 0 Å². The zero-order chi connectivity index (χ0) is 12.6. The molecule has 0 bridgehead atoms. The fourth-order valence-corrected chi connectivity index (χ4v) is 1.46. The van der Waals surface area contributed by atoms with E-state index in [4.69, 9.17) is 0 Å². The van der Waals surface area contributed by atoms with Gasteiger partial charge in [-0.05, 0) is 5.56 Å². The lowest BCUT2D eigenvalue weighted by atomic mass is 10.2. The molecule has 5 heteroatoms. The van der Waals surface area contributed by atoms with Crippen molar-refractivity contribution in [1.29, 1.82) is 0 Å². The Morgan fingerprint density at radius 1 is 1.11 bits per heavy atom. The molecule has 0 fully saturated rings. The Morgan fingerprint density at radius 2 is 1.74 bits per heavy atom. The molecule has 0 radical (unpaired) electrons. The smallest absolute Gasteiger partial charge is 0.305 e. The maximum atomic E-state index is 11.6. The van der Waals surface area contributed by atoms with Gasteiger partial charge in [0.05, 0.1) is 6.21 Å². The standard InChI is InChI=1S/C14H13N3O.ClH/c18-14(12-17-9-5-2-6-10-17)16-15-11-13-7-3-1-4-8-13;/h1-11H,12H2;1H/b15-11+;. The molecule has 0 spiro atoms. The number of aromatic nitrogens is 1. The molecule has 98 valence electrons. The Morgan fingerprint density at radius 3 is 2.42 bits per heavy atom. The van der Waals surface area contributed by atoms with Crippen LogP contribution in [0.3, 0.4) is 0 Å². The van der Waals surface area contributed by atoms with Crippen molar-refractivity contribution >= 4 is 12.1 Å². The predicted octanol–water partition coefficient (Wildman–Crippen LogP) is -1.87. The molecule has 0 unspecified atom stereocenters. The van der Waals surface area contributed by atoms with Gasteiger partial charge in [0, 0.05) is 12.1 Å². The lowest BCUT2D eigenvalue weighted by Crippen LogP contribution is -3.00. The first-order valence-corrected chi connectivity index (χ1v) is 5.65. The number of nitrogens with zero attached hydrogens (tertiary/aromatic N) is 2. The Bertz CT molecular complexity index is 529. The number of hydrogen-bond donors (Lipinski definition) is 1. The maximum absolute atomic E-state index is 11.6. The molecule has 1 aromatic heterocycles. The molecular weight excluding hydrogens is 262 g/mol. The molecule has 2 aromatic rings. The lowest BCUT2D eigenvalue weighted by Gasteiger charge is -1.96. The van der Waals surface area contributed by atoms with Gasteiger partial charge in [0.2, 0.25) is 6.54 Å². The number of rotatable bonds is 4. The van der Waals surface area contributed by atoms with Gasteiger partial charge in [-0.2, -0.15) is 9.67 Å². The van der Waals surface area contributed by atoms with Crippen LogP contribution in [-0.2, 0) is 11.3 Å². The fraction of sp³-hybridized carbons (Fsp3) is 0.0714. The summed E-state index contributed by atoms with van der Waals surface area (Å²) in [5, 5.41) is 3.90. The topological polar surface area (TPSA) is 45.3 Å². The second-order valence-electron chi connectivity index (χ2n) is 3.75. The van der Waals surface area contributed by atoms with Crippen LogP contribution in [0.5, 0.6) is 0 Å². The van der Waals surface area contributed by atoms with Gasteiger partial charge in [0.15, 0.2) is 12.4 Å². The van der Waals surface area contributed by atoms with E-state index in [9.17, 15) is 4.79 Å². The first-order valence-electron chi connectivity index (χ1n) is 5.65. The minimum atomic E-state index is -0.154. The molecule has 0 saturated heterocycles. The van der Waals surface area contributed by atoms with Crippen LogP contribution in [0, 0.1) is 0 Å². The van der Waals surface area contributed by atoms with E-state index in [0.717, 1.165) is 5.56 Å². The van der Waals surface area contributed by atoms with E-state index in [2.05, 4.69) is 10.5 Å². The van der Waals surface area contributed by atoms with Crippen LogP contribution < -0.4 is 22.4 Å². The summed E-state index contributed by atoms with van der Waals surface area (Å²) >= 11 is 0. The fourth-order valence-electron chi connectivity index (χ4n) is 1.46. The number of halogens is 1. The number of hydrogen-bond acceptors (Lipinski definition) is 2. The normalized spacial score (nSPS) is 9.89. The number of pyridine rings is 1. The summed E-state index contributed by atoms with van der Waals surface area (Å²) in [6.45, 7) is 0.257. The largest absolute Gasteiger partial charge is 1.00 e. The van der Waals surface area contributed by atoms with Crippen LogP contribution in [0.15, 0.2) is 66.0 Å². The molecule has 1 amide bonds. The highest BCUT2D eigenvalue weighted by molar-refractivity contribution is 5.81. The van der Waals surface area contributed by atoms with Gasteiger partial charge < -0.3 is 12.4 Å². The van der Waals surface area contributed by atoms with E-state index in [1.165, 1.54) is 0 Å². The Hall–Kier alpha value is -2.20. The number of amides is 1. The quantitative estimate of drug-likeness (QED) is 0.397. The van der Waals surface area contributed by atoms with Crippen molar-refractivity contribution < 1.29 is 21.8 Å². The van der Waals surface area contributed by atoms with Crippen LogP contribution in [-0.4, -0.2) is 12.1 Å². The lowest BCUT2D eigenvalue weighted by molar-refractivity contribution is -0.684. The zero-order valence-electron chi connectivity index (χ0n) is 10.2. The van der Waals surface area contributed by atoms with Crippen molar-refractivity contribution in [3.05, 3.63) is 66.5 Å². The predicted molar refractivity (Wildman–Crippen MR) is 68.8 cm³/mol. The number of benzene rings is 1. The van der Waals surface area contributed by atoms with Crippen LogP contribution >= 0.6 is 0 Å². The van der Waals surface area contributed by atoms with Gasteiger partial charge in [0.25, 0.3) is 0 Å². The van der Waals surface area contributed by atoms with Crippen molar-refractivity contribution in [1.82, 2.24) is 5.43 Å². The highest BCUT2D eigenvalue weighted by Crippen LogP contribution is 1.92. The van der Waals surface area contributed by atoms with Gasteiger partial charge in [0.1, 0.15) is 0 Å². The Labute approximate surface area is 118 Å². The average molecular weight is 276 g/mol. The van der Waals surface area contributed by atoms with Crippen LogP contribution in [0.1, 0.15) is 5.56 Å². The molecule has 0 aliphatic rings. The number of carbonyl (C=O) groups is 1. The molecule has 19 heavy (non-hydrogen) atoms. The summed E-state index contributed by atoms with van der Waals surface area (Å²) in [6.07, 6.45) is 5.29. The van der Waals surface area contributed by atoms with Gasteiger partial charge >= 0.3 is 5.91 Å². The van der Waals surface area contributed by atoms with Crippen molar-refractivity contribution in [2.75, 3.05) is 0 Å².